The Labute approximate surface area is 120 Å². The molecule has 0 spiro atoms. The summed E-state index contributed by atoms with van der Waals surface area (Å²) in [6.45, 7) is 2.69. The zero-order valence-electron chi connectivity index (χ0n) is 12.0. The zero-order chi connectivity index (χ0) is 14.4. The van der Waals surface area contributed by atoms with Crippen LogP contribution < -0.4 is 15.8 Å². The van der Waals surface area contributed by atoms with Crippen LogP contribution in [0.1, 0.15) is 19.3 Å². The fraction of sp³-hybridized carbons (Fsp3) is 0.533. The number of para-hydroxylation sites is 2. The minimum atomic E-state index is 0.00800. The number of benzene rings is 1. The highest BCUT2D eigenvalue weighted by Crippen LogP contribution is 2.23. The SMILES string of the molecule is COc1ccccc1NC(=O)CCN1CCCC(N)C1. The number of methoxy groups -OCH3 is 1. The van der Waals surface area contributed by atoms with E-state index in [1.165, 1.54) is 0 Å². The van der Waals surface area contributed by atoms with E-state index in [0.717, 1.165) is 38.2 Å². The van der Waals surface area contributed by atoms with Crippen LogP contribution in [-0.2, 0) is 4.79 Å². The van der Waals surface area contributed by atoms with E-state index in [-0.39, 0.29) is 11.9 Å². The van der Waals surface area contributed by atoms with Gasteiger partial charge in [-0.2, -0.15) is 0 Å². The largest absolute Gasteiger partial charge is 0.495 e. The number of rotatable bonds is 5. The van der Waals surface area contributed by atoms with Gasteiger partial charge in [0, 0.05) is 25.6 Å². The molecule has 1 unspecified atom stereocenters. The molecule has 1 atom stereocenters. The van der Waals surface area contributed by atoms with Gasteiger partial charge in [0.15, 0.2) is 0 Å². The number of hydrogen-bond donors (Lipinski definition) is 2. The van der Waals surface area contributed by atoms with Gasteiger partial charge in [0.05, 0.1) is 12.8 Å². The first-order valence-electron chi connectivity index (χ1n) is 7.10. The van der Waals surface area contributed by atoms with E-state index >= 15 is 0 Å². The lowest BCUT2D eigenvalue weighted by molar-refractivity contribution is -0.116. The number of anilines is 1. The van der Waals surface area contributed by atoms with Gasteiger partial charge in [-0.15, -0.1) is 0 Å². The average molecular weight is 277 g/mol. The average Bonchev–Trinajstić information content (AvgIpc) is 2.46. The van der Waals surface area contributed by atoms with Crippen molar-refractivity contribution >= 4 is 11.6 Å². The monoisotopic (exact) mass is 277 g/mol. The molecular weight excluding hydrogens is 254 g/mol. The molecule has 1 aliphatic heterocycles. The van der Waals surface area contributed by atoms with Gasteiger partial charge in [-0.25, -0.2) is 0 Å². The van der Waals surface area contributed by atoms with Crippen molar-refractivity contribution in [3.8, 4) is 5.75 Å². The van der Waals surface area contributed by atoms with Crippen LogP contribution >= 0.6 is 0 Å². The van der Waals surface area contributed by atoms with Crippen molar-refractivity contribution in [3.05, 3.63) is 24.3 Å². The lowest BCUT2D eigenvalue weighted by Gasteiger charge is -2.30. The molecule has 20 heavy (non-hydrogen) atoms. The second-order valence-electron chi connectivity index (χ2n) is 5.20. The van der Waals surface area contributed by atoms with Crippen LogP contribution in [0.15, 0.2) is 24.3 Å². The summed E-state index contributed by atoms with van der Waals surface area (Å²) in [5.74, 6) is 0.689. The fourth-order valence-corrected chi connectivity index (χ4v) is 2.51. The number of ether oxygens (including phenoxy) is 1. The van der Waals surface area contributed by atoms with Gasteiger partial charge in [0.2, 0.25) is 5.91 Å². The van der Waals surface area contributed by atoms with Crippen LogP contribution in [0.3, 0.4) is 0 Å². The van der Waals surface area contributed by atoms with Crippen molar-refractivity contribution in [2.45, 2.75) is 25.3 Å². The summed E-state index contributed by atoms with van der Waals surface area (Å²) in [4.78, 5) is 14.2. The third-order valence-corrected chi connectivity index (χ3v) is 3.58. The molecule has 110 valence electrons. The minimum absolute atomic E-state index is 0.00800. The number of carbonyl (C=O) groups excluding carboxylic acids is 1. The molecule has 1 aliphatic rings. The van der Waals surface area contributed by atoms with Crippen molar-refractivity contribution in [2.75, 3.05) is 32.1 Å². The predicted octanol–water partition coefficient (Wildman–Crippen LogP) is 1.45. The molecule has 1 aromatic carbocycles. The molecule has 5 heteroatoms. The molecule has 1 saturated heterocycles. The second kappa shape index (κ2) is 7.26. The Balaban J connectivity index is 1.80. The van der Waals surface area contributed by atoms with Gasteiger partial charge < -0.3 is 20.7 Å². The number of likely N-dealkylation sites (tertiary alicyclic amines) is 1. The molecule has 0 aliphatic carbocycles. The number of nitrogens with zero attached hydrogens (tertiary/aromatic N) is 1. The standard InChI is InChI=1S/C15H23N3O2/c1-20-14-7-3-2-6-13(14)17-15(19)8-10-18-9-4-5-12(16)11-18/h2-3,6-7,12H,4-5,8-11,16H2,1H3,(H,17,19). The van der Waals surface area contributed by atoms with Gasteiger partial charge in [-0.1, -0.05) is 12.1 Å². The number of nitrogens with two attached hydrogens (primary N) is 1. The molecular formula is C15H23N3O2. The highest BCUT2D eigenvalue weighted by Gasteiger charge is 2.17. The Hall–Kier alpha value is -1.59. The Morgan fingerprint density at radius 2 is 2.30 bits per heavy atom. The number of piperidine rings is 1. The smallest absolute Gasteiger partial charge is 0.225 e. The quantitative estimate of drug-likeness (QED) is 0.855. The molecule has 0 radical (unpaired) electrons. The lowest BCUT2D eigenvalue weighted by Crippen LogP contribution is -2.43. The molecule has 0 aromatic heterocycles. The molecule has 1 amide bonds. The van der Waals surface area contributed by atoms with Crippen molar-refractivity contribution in [1.82, 2.24) is 4.90 Å². The lowest BCUT2D eigenvalue weighted by atomic mass is 10.1. The van der Waals surface area contributed by atoms with E-state index in [4.69, 9.17) is 10.5 Å². The van der Waals surface area contributed by atoms with Gasteiger partial charge in [-0.3, -0.25) is 4.79 Å². The summed E-state index contributed by atoms with van der Waals surface area (Å²) in [5.41, 5.74) is 6.65. The molecule has 1 aromatic rings. The second-order valence-corrected chi connectivity index (χ2v) is 5.20. The van der Waals surface area contributed by atoms with Crippen LogP contribution in [0.4, 0.5) is 5.69 Å². The van der Waals surface area contributed by atoms with Crippen LogP contribution in [0.25, 0.3) is 0 Å². The first kappa shape index (κ1) is 14.8. The predicted molar refractivity (Wildman–Crippen MR) is 79.9 cm³/mol. The summed E-state index contributed by atoms with van der Waals surface area (Å²) in [6.07, 6.45) is 2.68. The van der Waals surface area contributed by atoms with E-state index in [1.807, 2.05) is 24.3 Å². The third kappa shape index (κ3) is 4.21. The maximum Gasteiger partial charge on any atom is 0.225 e. The Morgan fingerprint density at radius 1 is 1.50 bits per heavy atom. The summed E-state index contributed by atoms with van der Waals surface area (Å²) >= 11 is 0. The van der Waals surface area contributed by atoms with E-state index in [1.54, 1.807) is 7.11 Å². The molecule has 0 saturated carbocycles. The van der Waals surface area contributed by atoms with Gasteiger partial charge in [0.1, 0.15) is 5.75 Å². The van der Waals surface area contributed by atoms with Crippen LogP contribution in [0, 0.1) is 0 Å². The molecule has 1 fully saturated rings. The maximum atomic E-state index is 12.0. The minimum Gasteiger partial charge on any atom is -0.495 e. The van der Waals surface area contributed by atoms with Crippen LogP contribution in [0.2, 0.25) is 0 Å². The number of amides is 1. The Morgan fingerprint density at radius 3 is 3.05 bits per heavy atom. The number of hydrogen-bond acceptors (Lipinski definition) is 4. The number of carbonyl (C=O) groups is 1. The van der Waals surface area contributed by atoms with Crippen molar-refractivity contribution in [1.29, 1.82) is 0 Å². The first-order valence-corrected chi connectivity index (χ1v) is 7.10. The topological polar surface area (TPSA) is 67.6 Å². The van der Waals surface area contributed by atoms with E-state index in [2.05, 4.69) is 10.2 Å². The van der Waals surface area contributed by atoms with Crippen LogP contribution in [0.5, 0.6) is 5.75 Å². The fourth-order valence-electron chi connectivity index (χ4n) is 2.51. The summed E-state index contributed by atoms with van der Waals surface area (Å²) < 4.78 is 5.21. The molecule has 2 rings (SSSR count). The van der Waals surface area contributed by atoms with Gasteiger partial charge >= 0.3 is 0 Å². The zero-order valence-corrected chi connectivity index (χ0v) is 12.0. The first-order chi connectivity index (χ1) is 9.69. The van der Waals surface area contributed by atoms with Crippen molar-refractivity contribution in [2.24, 2.45) is 5.73 Å². The summed E-state index contributed by atoms with van der Waals surface area (Å²) in [6, 6.07) is 7.68. The molecule has 0 bridgehead atoms. The molecule has 3 N–H and O–H groups in total. The third-order valence-electron chi connectivity index (χ3n) is 3.58. The van der Waals surface area contributed by atoms with Crippen molar-refractivity contribution in [3.63, 3.8) is 0 Å². The van der Waals surface area contributed by atoms with E-state index < -0.39 is 0 Å². The Bertz CT molecular complexity index is 450. The van der Waals surface area contributed by atoms with E-state index in [0.29, 0.717) is 12.2 Å². The maximum absolute atomic E-state index is 12.0. The highest BCUT2D eigenvalue weighted by molar-refractivity contribution is 5.92. The van der Waals surface area contributed by atoms with Crippen LogP contribution in [-0.4, -0.2) is 43.6 Å². The van der Waals surface area contributed by atoms with E-state index in [9.17, 15) is 4.79 Å². The number of nitrogens with one attached hydrogen (secondary N) is 1. The summed E-state index contributed by atoms with van der Waals surface area (Å²) in [5, 5.41) is 2.89. The molecule has 5 nitrogen and oxygen atoms in total. The van der Waals surface area contributed by atoms with Gasteiger partial charge in [-0.05, 0) is 31.5 Å². The van der Waals surface area contributed by atoms with Gasteiger partial charge in [0.25, 0.3) is 0 Å². The summed E-state index contributed by atoms with van der Waals surface area (Å²) in [7, 11) is 1.60. The Kier molecular flexibility index (Phi) is 5.38. The highest BCUT2D eigenvalue weighted by atomic mass is 16.5. The van der Waals surface area contributed by atoms with Crippen molar-refractivity contribution < 1.29 is 9.53 Å². The molecule has 1 heterocycles. The normalized spacial score (nSPS) is 19.6.